The number of carbonyl (C=O) groups excluding carboxylic acids is 1. The van der Waals surface area contributed by atoms with Crippen molar-refractivity contribution in [1.29, 1.82) is 0 Å². The Morgan fingerprint density at radius 1 is 0.917 bits per heavy atom. The molecule has 0 heterocycles. The summed E-state index contributed by atoms with van der Waals surface area (Å²) in [5, 5.41) is 9.35. The molecule has 0 unspecified atom stereocenters. The third-order valence-electron chi connectivity index (χ3n) is 2.96. The molecule has 3 rings (SSSR count). The summed E-state index contributed by atoms with van der Waals surface area (Å²) in [6.07, 6.45) is 19.8. The second-order valence-electron chi connectivity index (χ2n) is 4.66. The molecule has 122 valence electrons. The second kappa shape index (κ2) is 10.6. The SMILES string of the molecule is O=C(/C=C/[C]1[CH][CH][CH][CH]1)c1cc(F)cc(F)c1O.[CH]1[CH][CH][CH][CH]1.[Fe+2]. The number of halogens is 2. The van der Waals surface area contributed by atoms with Gasteiger partial charge in [0, 0.05) is 12.0 Å². The van der Waals surface area contributed by atoms with Crippen molar-refractivity contribution in [2.75, 3.05) is 0 Å². The first-order valence-corrected chi connectivity index (χ1v) is 6.87. The Balaban J connectivity index is 0.000000412. The van der Waals surface area contributed by atoms with Gasteiger partial charge in [-0.15, -0.1) is 0 Å². The number of rotatable bonds is 3. The molecule has 0 amide bonds. The maximum atomic E-state index is 13.0. The topological polar surface area (TPSA) is 37.3 Å². The maximum Gasteiger partial charge on any atom is 2.00 e. The van der Waals surface area contributed by atoms with Gasteiger partial charge in [-0.2, -0.15) is 0 Å². The van der Waals surface area contributed by atoms with Gasteiger partial charge in [0.1, 0.15) is 5.82 Å². The molecule has 1 aromatic carbocycles. The van der Waals surface area contributed by atoms with E-state index in [1.807, 2.05) is 32.1 Å². The van der Waals surface area contributed by atoms with E-state index in [4.69, 9.17) is 0 Å². The predicted molar refractivity (Wildman–Crippen MR) is 83.4 cm³/mol. The van der Waals surface area contributed by atoms with Crippen LogP contribution in [-0.2, 0) is 17.1 Å². The van der Waals surface area contributed by atoms with Crippen molar-refractivity contribution in [3.05, 3.63) is 105 Å². The van der Waals surface area contributed by atoms with Gasteiger partial charge in [-0.1, -0.05) is 6.08 Å². The van der Waals surface area contributed by atoms with E-state index in [0.717, 1.165) is 18.1 Å². The second-order valence-corrected chi connectivity index (χ2v) is 4.66. The van der Waals surface area contributed by atoms with Crippen LogP contribution in [0.2, 0.25) is 0 Å². The van der Waals surface area contributed by atoms with Gasteiger partial charge in [0.15, 0.2) is 17.3 Å². The minimum atomic E-state index is -1.15. The summed E-state index contributed by atoms with van der Waals surface area (Å²) in [7, 11) is 0. The molecule has 2 aliphatic carbocycles. The van der Waals surface area contributed by atoms with Gasteiger partial charge < -0.3 is 5.11 Å². The van der Waals surface area contributed by atoms with E-state index in [1.165, 1.54) is 6.08 Å². The fraction of sp³-hybridized carbons (Fsp3) is 0. The van der Waals surface area contributed by atoms with Gasteiger partial charge in [-0.05, 0) is 69.9 Å². The Kier molecular flexibility index (Phi) is 9.23. The van der Waals surface area contributed by atoms with Gasteiger partial charge in [0.2, 0.25) is 0 Å². The predicted octanol–water partition coefficient (Wildman–Crippen LogP) is 3.83. The van der Waals surface area contributed by atoms with Crippen molar-refractivity contribution in [2.45, 2.75) is 0 Å². The van der Waals surface area contributed by atoms with Crippen LogP contribution in [0.25, 0.3) is 0 Å². The number of aromatic hydroxyl groups is 1. The van der Waals surface area contributed by atoms with Gasteiger partial charge in [0.05, 0.1) is 5.56 Å². The number of hydrogen-bond acceptors (Lipinski definition) is 2. The molecule has 24 heavy (non-hydrogen) atoms. The monoisotopic (exact) mass is 368 g/mol. The molecule has 2 nitrogen and oxygen atoms in total. The number of ketones is 1. The number of benzene rings is 1. The Morgan fingerprint density at radius 2 is 1.46 bits per heavy atom. The van der Waals surface area contributed by atoms with Crippen LogP contribution in [0, 0.1) is 75.3 Å². The number of hydrogen-bond donors (Lipinski definition) is 1. The molecule has 2 fully saturated rings. The van der Waals surface area contributed by atoms with Crippen LogP contribution in [0.3, 0.4) is 0 Å². The van der Waals surface area contributed by atoms with Gasteiger partial charge in [-0.3, -0.25) is 4.79 Å². The summed E-state index contributed by atoms with van der Waals surface area (Å²) in [5.74, 6) is -2.77. The van der Waals surface area contributed by atoms with Crippen LogP contribution in [0.15, 0.2) is 24.3 Å². The Morgan fingerprint density at radius 3 is 2.00 bits per heavy atom. The Bertz CT molecular complexity index is 555. The normalized spacial score (nSPS) is 17.4. The zero-order valence-corrected chi connectivity index (χ0v) is 13.6. The molecule has 2 saturated carbocycles. The van der Waals surface area contributed by atoms with Crippen molar-refractivity contribution >= 4 is 5.78 Å². The van der Waals surface area contributed by atoms with Gasteiger partial charge >= 0.3 is 17.1 Å². The first-order chi connectivity index (χ1) is 11.1. The van der Waals surface area contributed by atoms with E-state index in [2.05, 4.69) is 0 Å². The summed E-state index contributed by atoms with van der Waals surface area (Å²) in [6, 6.07) is 1.32. The molecular weight excluding hydrogens is 354 g/mol. The van der Waals surface area contributed by atoms with E-state index in [-0.39, 0.29) is 17.1 Å². The molecule has 2 aliphatic rings. The molecule has 0 aliphatic heterocycles. The van der Waals surface area contributed by atoms with Gasteiger partial charge in [0.25, 0.3) is 0 Å². The molecular formula is C19H14F2FeO2+2. The third kappa shape index (κ3) is 6.37. The van der Waals surface area contributed by atoms with E-state index in [0.29, 0.717) is 6.07 Å². The van der Waals surface area contributed by atoms with Crippen LogP contribution in [-0.4, -0.2) is 10.9 Å². The van der Waals surface area contributed by atoms with E-state index in [9.17, 15) is 18.7 Å². The largest absolute Gasteiger partial charge is 2.00 e. The molecule has 0 spiro atoms. The van der Waals surface area contributed by atoms with E-state index in [1.54, 1.807) is 25.7 Å². The summed E-state index contributed by atoms with van der Waals surface area (Å²) < 4.78 is 26.0. The van der Waals surface area contributed by atoms with Crippen LogP contribution in [0.1, 0.15) is 10.4 Å². The van der Waals surface area contributed by atoms with Crippen molar-refractivity contribution in [3.63, 3.8) is 0 Å². The average Bonchev–Trinajstić information content (AvgIpc) is 3.24. The number of phenols is 1. The van der Waals surface area contributed by atoms with Crippen molar-refractivity contribution in [3.8, 4) is 5.75 Å². The molecule has 0 atom stereocenters. The van der Waals surface area contributed by atoms with Crippen molar-refractivity contribution in [2.24, 2.45) is 0 Å². The minimum Gasteiger partial charge on any atom is -0.504 e. The molecule has 0 aromatic heterocycles. The van der Waals surface area contributed by atoms with Crippen molar-refractivity contribution < 1.29 is 35.8 Å². The fourth-order valence-corrected chi connectivity index (χ4v) is 1.84. The molecule has 10 radical (unpaired) electrons. The Hall–Kier alpha value is -1.19. The summed E-state index contributed by atoms with van der Waals surface area (Å²) >= 11 is 0. The van der Waals surface area contributed by atoms with E-state index >= 15 is 0 Å². The van der Waals surface area contributed by atoms with Crippen LogP contribution < -0.4 is 0 Å². The molecule has 0 bridgehead atoms. The zero-order chi connectivity index (χ0) is 16.7. The quantitative estimate of drug-likeness (QED) is 0.500. The Labute approximate surface area is 152 Å². The molecule has 0 saturated heterocycles. The average molecular weight is 368 g/mol. The number of carbonyl (C=O) groups is 1. The summed E-state index contributed by atoms with van der Waals surface area (Å²) in [5.41, 5.74) is -0.393. The van der Waals surface area contributed by atoms with Crippen LogP contribution in [0.4, 0.5) is 8.78 Å². The molecule has 5 heteroatoms. The zero-order valence-electron chi connectivity index (χ0n) is 12.5. The fourth-order valence-electron chi connectivity index (χ4n) is 1.84. The molecule has 1 aromatic rings. The first-order valence-electron chi connectivity index (χ1n) is 6.87. The smallest absolute Gasteiger partial charge is 0.504 e. The minimum absolute atomic E-state index is 0. The van der Waals surface area contributed by atoms with E-state index < -0.39 is 28.7 Å². The van der Waals surface area contributed by atoms with Crippen LogP contribution in [0.5, 0.6) is 5.75 Å². The standard InChI is InChI=1S/C14H9F2O2.C5H5.Fe/c15-10-7-11(14(18)12(16)8-10)13(17)6-5-9-3-1-2-4-9;1-2-4-5-3-1;/h1-8,18H;1-5H;/q;;+2/b6-5+;;. The van der Waals surface area contributed by atoms with Gasteiger partial charge in [-0.25, -0.2) is 8.78 Å². The number of phenolic OH excluding ortho intramolecular Hbond substituents is 1. The van der Waals surface area contributed by atoms with Crippen LogP contribution >= 0.6 is 0 Å². The first kappa shape index (κ1) is 20.9. The summed E-state index contributed by atoms with van der Waals surface area (Å²) in [4.78, 5) is 11.7. The maximum absolute atomic E-state index is 13.0. The summed E-state index contributed by atoms with van der Waals surface area (Å²) in [6.45, 7) is 0. The van der Waals surface area contributed by atoms with Crippen molar-refractivity contribution in [1.82, 2.24) is 0 Å². The number of allylic oxidation sites excluding steroid dienone is 2. The third-order valence-corrected chi connectivity index (χ3v) is 2.96. The molecule has 1 N–H and O–H groups in total.